The number of hydrogen-bond donors (Lipinski definition) is 0. The number of nitrogens with zero attached hydrogens (tertiary/aromatic N) is 5. The summed E-state index contributed by atoms with van der Waals surface area (Å²) in [6.45, 7) is 2.29. The van der Waals surface area contributed by atoms with Crippen LogP contribution < -0.4 is 4.90 Å². The largest absolute Gasteiger partial charge is 0.339 e. The van der Waals surface area contributed by atoms with Gasteiger partial charge in [-0.05, 0) is 37.0 Å². The average Bonchev–Trinajstić information content (AvgIpc) is 3.33. The number of thiazole rings is 1. The van der Waals surface area contributed by atoms with Gasteiger partial charge >= 0.3 is 0 Å². The van der Waals surface area contributed by atoms with Gasteiger partial charge in [-0.15, -0.1) is 11.3 Å². The average molecular weight is 383 g/mol. The third-order valence-electron chi connectivity index (χ3n) is 5.59. The maximum atomic E-state index is 13.2. The Balaban J connectivity index is 1.38. The van der Waals surface area contributed by atoms with Crippen molar-refractivity contribution in [1.82, 2.24) is 19.9 Å². The van der Waals surface area contributed by atoms with E-state index in [4.69, 9.17) is 0 Å². The van der Waals surface area contributed by atoms with Crippen LogP contribution in [0.1, 0.15) is 23.2 Å². The van der Waals surface area contributed by atoms with Gasteiger partial charge in [0, 0.05) is 25.2 Å². The second kappa shape index (κ2) is 6.53. The number of benzene rings is 1. The Hall–Kier alpha value is -2.61. The predicted octanol–water partition coefficient (Wildman–Crippen LogP) is 2.97. The molecule has 138 valence electrons. The number of amides is 1. The summed E-state index contributed by atoms with van der Waals surface area (Å²) in [6.07, 6.45) is 4.40. The first-order valence-corrected chi connectivity index (χ1v) is 9.94. The summed E-state index contributed by atoms with van der Waals surface area (Å²) in [4.78, 5) is 29.7. The lowest BCUT2D eigenvalue weighted by molar-refractivity contribution is 0.0712. The molecule has 5 rings (SSSR count). The van der Waals surface area contributed by atoms with Crippen LogP contribution in [0.3, 0.4) is 0 Å². The van der Waals surface area contributed by atoms with Gasteiger partial charge in [-0.2, -0.15) is 0 Å². The fourth-order valence-corrected chi connectivity index (χ4v) is 4.91. The van der Waals surface area contributed by atoms with Crippen molar-refractivity contribution >= 4 is 33.4 Å². The van der Waals surface area contributed by atoms with Crippen molar-refractivity contribution in [3.63, 3.8) is 0 Å². The number of fused-ring (bicyclic) bond motifs is 2. The smallest absolute Gasteiger partial charge is 0.254 e. The molecule has 2 saturated heterocycles. The summed E-state index contributed by atoms with van der Waals surface area (Å²) in [6, 6.07) is 5.84. The summed E-state index contributed by atoms with van der Waals surface area (Å²) in [5.41, 5.74) is 3.43. The zero-order chi connectivity index (χ0) is 18.4. The Morgan fingerprint density at radius 1 is 1.15 bits per heavy atom. The van der Waals surface area contributed by atoms with Crippen LogP contribution in [0.2, 0.25) is 0 Å². The minimum Gasteiger partial charge on any atom is -0.339 e. The maximum absolute atomic E-state index is 13.2. The number of likely N-dealkylation sites (tertiary alicyclic amines) is 1. The molecule has 2 aliphatic heterocycles. The van der Waals surface area contributed by atoms with E-state index in [1.54, 1.807) is 16.8 Å². The van der Waals surface area contributed by atoms with E-state index in [1.165, 1.54) is 12.4 Å². The highest BCUT2D eigenvalue weighted by Crippen LogP contribution is 2.34. The summed E-state index contributed by atoms with van der Waals surface area (Å²) < 4.78 is 14.1. The lowest BCUT2D eigenvalue weighted by atomic mass is 9.92. The maximum Gasteiger partial charge on any atom is 0.254 e. The van der Waals surface area contributed by atoms with Crippen LogP contribution >= 0.6 is 11.3 Å². The number of anilines is 1. The van der Waals surface area contributed by atoms with Gasteiger partial charge in [0.2, 0.25) is 5.95 Å². The van der Waals surface area contributed by atoms with Crippen molar-refractivity contribution in [3.8, 4) is 0 Å². The van der Waals surface area contributed by atoms with Crippen molar-refractivity contribution in [3.05, 3.63) is 47.5 Å². The first-order chi connectivity index (χ1) is 13.2. The van der Waals surface area contributed by atoms with Gasteiger partial charge in [-0.25, -0.2) is 19.3 Å². The zero-order valence-electron chi connectivity index (χ0n) is 14.6. The molecule has 2 aliphatic rings. The SMILES string of the molecule is O=C(c1ccc2ncsc2c1)N1CCC2CCN(c3ncc(F)cn3)CC21. The first kappa shape index (κ1) is 16.6. The van der Waals surface area contributed by atoms with E-state index in [2.05, 4.69) is 19.9 Å². The van der Waals surface area contributed by atoms with Crippen LogP contribution in [0.15, 0.2) is 36.1 Å². The van der Waals surface area contributed by atoms with E-state index in [0.29, 0.717) is 24.0 Å². The van der Waals surface area contributed by atoms with E-state index in [0.717, 1.165) is 36.1 Å². The number of hydrogen-bond acceptors (Lipinski definition) is 6. The number of rotatable bonds is 2. The quantitative estimate of drug-likeness (QED) is 0.681. The number of halogens is 1. The molecule has 2 fully saturated rings. The monoisotopic (exact) mass is 383 g/mol. The molecule has 1 aromatic carbocycles. The third-order valence-corrected chi connectivity index (χ3v) is 6.38. The van der Waals surface area contributed by atoms with Gasteiger partial charge in [0.05, 0.1) is 34.2 Å². The Labute approximate surface area is 159 Å². The van der Waals surface area contributed by atoms with Crippen molar-refractivity contribution < 1.29 is 9.18 Å². The lowest BCUT2D eigenvalue weighted by Gasteiger charge is -2.38. The highest BCUT2D eigenvalue weighted by Gasteiger charge is 2.41. The van der Waals surface area contributed by atoms with Crippen molar-refractivity contribution in [2.45, 2.75) is 18.9 Å². The fourth-order valence-electron chi connectivity index (χ4n) is 4.20. The molecule has 6 nitrogen and oxygen atoms in total. The van der Waals surface area contributed by atoms with E-state index in [-0.39, 0.29) is 11.9 Å². The second-order valence-electron chi connectivity index (χ2n) is 7.09. The van der Waals surface area contributed by atoms with Crippen LogP contribution in [0.5, 0.6) is 0 Å². The van der Waals surface area contributed by atoms with Gasteiger partial charge < -0.3 is 9.80 Å². The molecule has 0 spiro atoms. The summed E-state index contributed by atoms with van der Waals surface area (Å²) in [5, 5.41) is 0. The molecular formula is C19H18FN5OS. The molecule has 4 heterocycles. The van der Waals surface area contributed by atoms with Gasteiger partial charge in [0.1, 0.15) is 0 Å². The second-order valence-corrected chi connectivity index (χ2v) is 7.97. The molecule has 1 amide bonds. The Kier molecular flexibility index (Phi) is 4.00. The molecule has 2 atom stereocenters. The van der Waals surface area contributed by atoms with Crippen molar-refractivity contribution in [1.29, 1.82) is 0 Å². The molecule has 2 unspecified atom stereocenters. The van der Waals surface area contributed by atoms with Crippen molar-refractivity contribution in [2.75, 3.05) is 24.5 Å². The molecular weight excluding hydrogens is 365 g/mol. The highest BCUT2D eigenvalue weighted by molar-refractivity contribution is 7.16. The van der Waals surface area contributed by atoms with Crippen LogP contribution in [-0.4, -0.2) is 51.4 Å². The minimum absolute atomic E-state index is 0.0691. The van der Waals surface area contributed by atoms with E-state index >= 15 is 0 Å². The Morgan fingerprint density at radius 3 is 2.81 bits per heavy atom. The van der Waals surface area contributed by atoms with E-state index in [9.17, 15) is 9.18 Å². The normalized spacial score (nSPS) is 22.3. The summed E-state index contributed by atoms with van der Waals surface area (Å²) in [5.74, 6) is 0.655. The molecule has 2 aromatic heterocycles. The molecule has 27 heavy (non-hydrogen) atoms. The number of aromatic nitrogens is 3. The fraction of sp³-hybridized carbons (Fsp3) is 0.368. The summed E-state index contributed by atoms with van der Waals surface area (Å²) >= 11 is 1.55. The van der Waals surface area contributed by atoms with Gasteiger partial charge in [-0.1, -0.05) is 0 Å². The Bertz CT molecular complexity index is 991. The number of piperidine rings is 1. The Morgan fingerprint density at radius 2 is 1.96 bits per heavy atom. The number of carbonyl (C=O) groups is 1. The van der Waals surface area contributed by atoms with E-state index in [1.807, 2.05) is 23.1 Å². The standard InChI is InChI=1S/C19H18FN5OS/c20-14-8-21-19(22-9-14)24-5-3-12-4-6-25(16(12)10-24)18(26)13-1-2-15-17(7-13)27-11-23-15/h1-2,7-9,11-12,16H,3-6,10H2. The van der Waals surface area contributed by atoms with Crippen LogP contribution in [0.25, 0.3) is 10.2 Å². The molecule has 0 radical (unpaired) electrons. The van der Waals surface area contributed by atoms with Gasteiger partial charge in [0.25, 0.3) is 5.91 Å². The van der Waals surface area contributed by atoms with E-state index < -0.39 is 5.82 Å². The molecule has 3 aromatic rings. The minimum atomic E-state index is -0.440. The first-order valence-electron chi connectivity index (χ1n) is 9.06. The number of carbonyl (C=O) groups excluding carboxylic acids is 1. The van der Waals surface area contributed by atoms with Crippen LogP contribution in [0.4, 0.5) is 10.3 Å². The highest BCUT2D eigenvalue weighted by atomic mass is 32.1. The van der Waals surface area contributed by atoms with Crippen molar-refractivity contribution in [2.24, 2.45) is 5.92 Å². The zero-order valence-corrected chi connectivity index (χ0v) is 15.4. The predicted molar refractivity (Wildman–Crippen MR) is 101 cm³/mol. The van der Waals surface area contributed by atoms with Crippen LogP contribution in [0, 0.1) is 11.7 Å². The molecule has 0 N–H and O–H groups in total. The molecule has 0 aliphatic carbocycles. The molecule has 0 saturated carbocycles. The molecule has 0 bridgehead atoms. The lowest BCUT2D eigenvalue weighted by Crippen LogP contribution is -2.50. The summed E-state index contributed by atoms with van der Waals surface area (Å²) in [7, 11) is 0. The van der Waals surface area contributed by atoms with Gasteiger partial charge in [0.15, 0.2) is 5.82 Å². The van der Waals surface area contributed by atoms with Gasteiger partial charge in [-0.3, -0.25) is 4.79 Å². The van der Waals surface area contributed by atoms with Crippen LogP contribution in [-0.2, 0) is 0 Å². The molecule has 8 heteroatoms. The topological polar surface area (TPSA) is 62.2 Å². The third kappa shape index (κ3) is 2.93.